The van der Waals surface area contributed by atoms with Crippen LogP contribution in [0.1, 0.15) is 47.8 Å². The highest BCUT2D eigenvalue weighted by atomic mass is 32.1. The molecule has 4 nitrogen and oxygen atoms in total. The summed E-state index contributed by atoms with van der Waals surface area (Å²) >= 11 is 1.53. The fourth-order valence-electron chi connectivity index (χ4n) is 2.39. The first-order valence-electron chi connectivity index (χ1n) is 6.63. The van der Waals surface area contributed by atoms with Crippen molar-refractivity contribution in [3.05, 3.63) is 16.1 Å². The number of hydrogen-bond acceptors (Lipinski definition) is 4. The van der Waals surface area contributed by atoms with Crippen molar-refractivity contribution in [3.8, 4) is 0 Å². The summed E-state index contributed by atoms with van der Waals surface area (Å²) in [6, 6.07) is 0.471. The van der Waals surface area contributed by atoms with E-state index < -0.39 is 0 Å². The number of amides is 1. The number of carbonyl (C=O) groups is 1. The molecule has 100 valence electrons. The maximum atomic E-state index is 12.4. The van der Waals surface area contributed by atoms with Crippen molar-refractivity contribution in [1.29, 1.82) is 0 Å². The van der Waals surface area contributed by atoms with E-state index in [1.165, 1.54) is 11.3 Å². The molecule has 2 atom stereocenters. The maximum absolute atomic E-state index is 12.4. The smallest absolute Gasteiger partial charge is 0.265 e. The zero-order valence-corrected chi connectivity index (χ0v) is 11.9. The first kappa shape index (κ1) is 13.5. The maximum Gasteiger partial charge on any atom is 0.265 e. The van der Waals surface area contributed by atoms with Crippen LogP contribution in [0, 0.1) is 0 Å². The van der Waals surface area contributed by atoms with Crippen LogP contribution >= 0.6 is 11.3 Å². The minimum absolute atomic E-state index is 0.120. The third-order valence-electron chi connectivity index (χ3n) is 3.41. The molecule has 1 fully saturated rings. The molecule has 1 aromatic rings. The van der Waals surface area contributed by atoms with Crippen LogP contribution in [0.2, 0.25) is 0 Å². The number of nitrogens with zero attached hydrogens (tertiary/aromatic N) is 2. The molecule has 0 radical (unpaired) electrons. The van der Waals surface area contributed by atoms with Crippen molar-refractivity contribution in [3.63, 3.8) is 0 Å². The van der Waals surface area contributed by atoms with Crippen LogP contribution in [0.25, 0.3) is 0 Å². The molecule has 2 unspecified atom stereocenters. The van der Waals surface area contributed by atoms with Gasteiger partial charge in [-0.2, -0.15) is 0 Å². The van der Waals surface area contributed by atoms with Crippen molar-refractivity contribution < 1.29 is 4.79 Å². The van der Waals surface area contributed by atoms with Gasteiger partial charge in [0.05, 0.1) is 11.2 Å². The number of aryl methyl sites for hydroxylation is 1. The van der Waals surface area contributed by atoms with E-state index in [0.29, 0.717) is 0 Å². The second kappa shape index (κ2) is 5.80. The van der Waals surface area contributed by atoms with Crippen LogP contribution in [0.3, 0.4) is 0 Å². The van der Waals surface area contributed by atoms with E-state index in [-0.39, 0.29) is 18.0 Å². The number of rotatable bonds is 3. The number of aromatic nitrogens is 1. The van der Waals surface area contributed by atoms with Crippen molar-refractivity contribution in [2.24, 2.45) is 5.73 Å². The molecule has 1 aliphatic heterocycles. The Hall–Kier alpha value is -0.940. The normalized spacial score (nSPS) is 24.3. The molecule has 5 heteroatoms. The average Bonchev–Trinajstić information content (AvgIpc) is 2.77. The van der Waals surface area contributed by atoms with Crippen LogP contribution in [-0.2, 0) is 6.42 Å². The Labute approximate surface area is 112 Å². The monoisotopic (exact) mass is 267 g/mol. The van der Waals surface area contributed by atoms with E-state index in [0.717, 1.165) is 42.1 Å². The first-order valence-corrected chi connectivity index (χ1v) is 7.44. The number of likely N-dealkylation sites (tertiary alicyclic amines) is 1. The SMILES string of the molecule is CCCc1ncc(C(=O)N2CCC(N)CC2C)s1. The first-order chi connectivity index (χ1) is 8.61. The molecule has 0 saturated carbocycles. The highest BCUT2D eigenvalue weighted by molar-refractivity contribution is 7.13. The Kier molecular flexibility index (Phi) is 4.35. The van der Waals surface area contributed by atoms with Gasteiger partial charge in [-0.1, -0.05) is 6.92 Å². The Morgan fingerprint density at radius 3 is 3.11 bits per heavy atom. The average molecular weight is 267 g/mol. The van der Waals surface area contributed by atoms with Gasteiger partial charge in [0.15, 0.2) is 0 Å². The second-order valence-electron chi connectivity index (χ2n) is 5.00. The van der Waals surface area contributed by atoms with Crippen molar-refractivity contribution in [2.45, 2.75) is 51.6 Å². The molecule has 18 heavy (non-hydrogen) atoms. The van der Waals surface area contributed by atoms with E-state index in [1.807, 2.05) is 4.90 Å². The molecule has 2 heterocycles. The van der Waals surface area contributed by atoms with Crippen molar-refractivity contribution >= 4 is 17.2 Å². The molecule has 0 aromatic carbocycles. The summed E-state index contributed by atoms with van der Waals surface area (Å²) in [5.74, 6) is 0.120. The van der Waals surface area contributed by atoms with Crippen LogP contribution in [0.15, 0.2) is 6.20 Å². The Balaban J connectivity index is 2.05. The van der Waals surface area contributed by atoms with Crippen LogP contribution in [0.5, 0.6) is 0 Å². The number of piperidine rings is 1. The molecule has 0 spiro atoms. The van der Waals surface area contributed by atoms with Gasteiger partial charge in [0, 0.05) is 18.6 Å². The molecule has 0 aliphatic carbocycles. The van der Waals surface area contributed by atoms with Crippen LogP contribution < -0.4 is 5.73 Å². The third kappa shape index (κ3) is 2.90. The van der Waals surface area contributed by atoms with Crippen LogP contribution in [-0.4, -0.2) is 34.4 Å². The zero-order valence-electron chi connectivity index (χ0n) is 11.1. The predicted molar refractivity (Wildman–Crippen MR) is 73.8 cm³/mol. The Morgan fingerprint density at radius 2 is 2.44 bits per heavy atom. The molecule has 1 aromatic heterocycles. The van der Waals surface area contributed by atoms with E-state index in [1.54, 1.807) is 6.20 Å². The quantitative estimate of drug-likeness (QED) is 0.911. The summed E-state index contributed by atoms with van der Waals surface area (Å²) in [4.78, 5) is 19.4. The minimum atomic E-state index is 0.120. The number of nitrogens with two attached hydrogens (primary N) is 1. The molecule has 1 saturated heterocycles. The lowest BCUT2D eigenvalue weighted by molar-refractivity contribution is 0.0624. The molecular formula is C13H21N3OS. The van der Waals surface area contributed by atoms with Gasteiger partial charge >= 0.3 is 0 Å². The topological polar surface area (TPSA) is 59.2 Å². The Bertz CT molecular complexity index is 418. The van der Waals surface area contributed by atoms with Gasteiger partial charge in [0.25, 0.3) is 5.91 Å². The summed E-state index contributed by atoms with van der Waals surface area (Å²) in [6.07, 6.45) is 5.54. The van der Waals surface area contributed by atoms with Gasteiger partial charge in [-0.05, 0) is 32.6 Å². The summed E-state index contributed by atoms with van der Waals surface area (Å²) in [7, 11) is 0. The summed E-state index contributed by atoms with van der Waals surface area (Å²) in [5, 5.41) is 1.06. The summed E-state index contributed by atoms with van der Waals surface area (Å²) in [5.41, 5.74) is 5.92. The molecule has 1 amide bonds. The fourth-order valence-corrected chi connectivity index (χ4v) is 3.37. The van der Waals surface area contributed by atoms with Gasteiger partial charge in [0.1, 0.15) is 4.88 Å². The zero-order chi connectivity index (χ0) is 13.1. The number of thiazole rings is 1. The van der Waals surface area contributed by atoms with Gasteiger partial charge in [-0.15, -0.1) is 11.3 Å². The second-order valence-corrected chi connectivity index (χ2v) is 6.12. The van der Waals surface area contributed by atoms with Gasteiger partial charge in [0.2, 0.25) is 0 Å². The van der Waals surface area contributed by atoms with Crippen molar-refractivity contribution in [2.75, 3.05) is 6.54 Å². The summed E-state index contributed by atoms with van der Waals surface area (Å²) in [6.45, 7) is 4.96. The van der Waals surface area contributed by atoms with Crippen LogP contribution in [0.4, 0.5) is 0 Å². The van der Waals surface area contributed by atoms with Crippen molar-refractivity contribution in [1.82, 2.24) is 9.88 Å². The fraction of sp³-hybridized carbons (Fsp3) is 0.692. The highest BCUT2D eigenvalue weighted by Crippen LogP contribution is 2.22. The highest BCUT2D eigenvalue weighted by Gasteiger charge is 2.28. The standard InChI is InChI=1S/C13H21N3OS/c1-3-4-12-15-8-11(18-12)13(17)16-6-5-10(14)7-9(16)2/h8-10H,3-7,14H2,1-2H3. The lowest BCUT2D eigenvalue weighted by Crippen LogP contribution is -2.48. The molecule has 2 rings (SSSR count). The van der Waals surface area contributed by atoms with Gasteiger partial charge < -0.3 is 10.6 Å². The lowest BCUT2D eigenvalue weighted by Gasteiger charge is -2.36. The minimum Gasteiger partial charge on any atom is -0.335 e. The van der Waals surface area contributed by atoms with E-state index >= 15 is 0 Å². The summed E-state index contributed by atoms with van der Waals surface area (Å²) < 4.78 is 0. The predicted octanol–water partition coefficient (Wildman–Crippen LogP) is 2.05. The number of carbonyl (C=O) groups excluding carboxylic acids is 1. The largest absolute Gasteiger partial charge is 0.335 e. The lowest BCUT2D eigenvalue weighted by atomic mass is 9.99. The van der Waals surface area contributed by atoms with Gasteiger partial charge in [-0.25, -0.2) is 4.98 Å². The molecule has 0 bridgehead atoms. The van der Waals surface area contributed by atoms with E-state index in [9.17, 15) is 4.79 Å². The van der Waals surface area contributed by atoms with E-state index in [2.05, 4.69) is 18.8 Å². The number of hydrogen-bond donors (Lipinski definition) is 1. The Morgan fingerprint density at radius 1 is 1.67 bits per heavy atom. The third-order valence-corrected chi connectivity index (χ3v) is 4.45. The molecular weight excluding hydrogens is 246 g/mol. The van der Waals surface area contributed by atoms with E-state index in [4.69, 9.17) is 5.73 Å². The molecule has 1 aliphatic rings. The molecule has 2 N–H and O–H groups in total. The van der Waals surface area contributed by atoms with Gasteiger partial charge in [-0.3, -0.25) is 4.79 Å².